The van der Waals surface area contributed by atoms with Gasteiger partial charge in [0.25, 0.3) is 0 Å². The highest BCUT2D eigenvalue weighted by Crippen LogP contribution is 2.35. The van der Waals surface area contributed by atoms with Crippen LogP contribution in [-0.4, -0.2) is 53.7 Å². The van der Waals surface area contributed by atoms with Crippen LogP contribution in [0.1, 0.15) is 11.1 Å². The van der Waals surface area contributed by atoms with Crippen LogP contribution in [0.5, 0.6) is 0 Å². The second kappa shape index (κ2) is 5.55. The largest absolute Gasteiger partial charge is 0.336 e. The molecule has 1 aromatic carbocycles. The van der Waals surface area contributed by atoms with E-state index in [9.17, 15) is 13.2 Å². The third-order valence-corrected chi connectivity index (χ3v) is 7.07. The number of carbonyl (C=O) groups is 1. The standard InChI is InChI=1S/C17H21N5O3S/c1-11-6-13(14-4-5-19-21(14)3)15(7-12(11)2)26(24,25)22-9-17(10-22)8-18-16(23)20-17/h4-7H,8-10H2,1-3H3,(H2,18,20,23). The lowest BCUT2D eigenvalue weighted by molar-refractivity contribution is 0.149. The molecule has 2 aliphatic heterocycles. The van der Waals surface area contributed by atoms with E-state index >= 15 is 0 Å². The van der Waals surface area contributed by atoms with Gasteiger partial charge in [0.05, 0.1) is 16.1 Å². The smallest absolute Gasteiger partial charge is 0.315 e. The molecule has 0 saturated carbocycles. The molecular formula is C17H21N5O3S. The van der Waals surface area contributed by atoms with Crippen LogP contribution >= 0.6 is 0 Å². The summed E-state index contributed by atoms with van der Waals surface area (Å²) in [4.78, 5) is 11.7. The van der Waals surface area contributed by atoms with Crippen molar-refractivity contribution in [3.05, 3.63) is 35.5 Å². The van der Waals surface area contributed by atoms with E-state index in [4.69, 9.17) is 0 Å². The maximum Gasteiger partial charge on any atom is 0.315 e. The van der Waals surface area contributed by atoms with Gasteiger partial charge >= 0.3 is 6.03 Å². The molecule has 26 heavy (non-hydrogen) atoms. The predicted molar refractivity (Wildman–Crippen MR) is 96.1 cm³/mol. The van der Waals surface area contributed by atoms with E-state index in [0.717, 1.165) is 16.8 Å². The molecule has 0 bridgehead atoms. The molecule has 0 radical (unpaired) electrons. The summed E-state index contributed by atoms with van der Waals surface area (Å²) >= 11 is 0. The van der Waals surface area contributed by atoms with Crippen molar-refractivity contribution in [2.45, 2.75) is 24.3 Å². The highest BCUT2D eigenvalue weighted by atomic mass is 32.2. The fourth-order valence-electron chi connectivity index (χ4n) is 3.55. The van der Waals surface area contributed by atoms with Crippen molar-refractivity contribution >= 4 is 16.1 Å². The molecule has 0 aliphatic carbocycles. The van der Waals surface area contributed by atoms with E-state index in [-0.39, 0.29) is 24.0 Å². The fourth-order valence-corrected chi connectivity index (χ4v) is 5.43. The van der Waals surface area contributed by atoms with Crippen molar-refractivity contribution in [2.24, 2.45) is 7.05 Å². The summed E-state index contributed by atoms with van der Waals surface area (Å²) in [5.41, 5.74) is 2.84. The number of aryl methyl sites for hydroxylation is 3. The Balaban J connectivity index is 1.74. The maximum absolute atomic E-state index is 13.3. The van der Waals surface area contributed by atoms with Crippen LogP contribution in [0, 0.1) is 13.8 Å². The SMILES string of the molecule is Cc1cc(-c2ccnn2C)c(S(=O)(=O)N2CC3(CNC(=O)N3)C2)cc1C. The molecule has 2 fully saturated rings. The van der Waals surface area contributed by atoms with Crippen molar-refractivity contribution in [1.29, 1.82) is 0 Å². The number of aromatic nitrogens is 2. The number of sulfonamides is 1. The third kappa shape index (κ3) is 2.50. The predicted octanol–water partition coefficient (Wildman–Crippen LogP) is 0.760. The minimum Gasteiger partial charge on any atom is -0.336 e. The second-order valence-electron chi connectivity index (χ2n) is 7.13. The normalized spacial score (nSPS) is 19.3. The molecule has 8 nitrogen and oxygen atoms in total. The Bertz CT molecular complexity index is 1010. The molecule has 2 amide bonds. The highest BCUT2D eigenvalue weighted by molar-refractivity contribution is 7.89. The monoisotopic (exact) mass is 375 g/mol. The Morgan fingerprint density at radius 1 is 1.19 bits per heavy atom. The summed E-state index contributed by atoms with van der Waals surface area (Å²) < 4.78 is 29.7. The average molecular weight is 375 g/mol. The number of amides is 2. The molecular weight excluding hydrogens is 354 g/mol. The first kappa shape index (κ1) is 17.0. The first-order valence-corrected chi connectivity index (χ1v) is 9.82. The first-order chi connectivity index (χ1) is 12.2. The number of rotatable bonds is 3. The van der Waals surface area contributed by atoms with E-state index < -0.39 is 15.6 Å². The van der Waals surface area contributed by atoms with Gasteiger partial charge in [-0.2, -0.15) is 9.40 Å². The average Bonchev–Trinajstić information content (AvgIpc) is 3.14. The van der Waals surface area contributed by atoms with Crippen LogP contribution in [0.2, 0.25) is 0 Å². The molecule has 2 N–H and O–H groups in total. The first-order valence-electron chi connectivity index (χ1n) is 8.38. The summed E-state index contributed by atoms with van der Waals surface area (Å²) in [5.74, 6) is 0. The van der Waals surface area contributed by atoms with Gasteiger partial charge in [-0.15, -0.1) is 0 Å². The quantitative estimate of drug-likeness (QED) is 0.828. The van der Waals surface area contributed by atoms with Gasteiger partial charge in [0.2, 0.25) is 10.0 Å². The molecule has 0 unspecified atom stereocenters. The number of nitrogens with zero attached hydrogens (tertiary/aromatic N) is 3. The molecule has 1 aromatic heterocycles. The summed E-state index contributed by atoms with van der Waals surface area (Å²) in [6.07, 6.45) is 1.65. The number of urea groups is 1. The second-order valence-corrected chi connectivity index (χ2v) is 9.04. The Morgan fingerprint density at radius 2 is 1.88 bits per heavy atom. The molecule has 9 heteroatoms. The van der Waals surface area contributed by atoms with Gasteiger partial charge in [0.1, 0.15) is 0 Å². The van der Waals surface area contributed by atoms with E-state index in [0.29, 0.717) is 12.1 Å². The summed E-state index contributed by atoms with van der Waals surface area (Å²) in [5, 5.41) is 9.69. The zero-order valence-electron chi connectivity index (χ0n) is 14.9. The van der Waals surface area contributed by atoms with Gasteiger partial charge in [0.15, 0.2) is 0 Å². The van der Waals surface area contributed by atoms with Gasteiger partial charge in [-0.25, -0.2) is 13.2 Å². The number of carbonyl (C=O) groups excluding carboxylic acids is 1. The van der Waals surface area contributed by atoms with Crippen LogP contribution in [-0.2, 0) is 17.1 Å². The minimum absolute atomic E-state index is 0.246. The number of benzene rings is 1. The number of hydrogen-bond donors (Lipinski definition) is 2. The van der Waals surface area contributed by atoms with Crippen LogP contribution < -0.4 is 10.6 Å². The van der Waals surface area contributed by atoms with Crippen molar-refractivity contribution in [1.82, 2.24) is 24.7 Å². The van der Waals surface area contributed by atoms with E-state index in [1.165, 1.54) is 4.31 Å². The van der Waals surface area contributed by atoms with Crippen LogP contribution in [0.15, 0.2) is 29.3 Å². The zero-order chi connectivity index (χ0) is 18.7. The topological polar surface area (TPSA) is 96.3 Å². The molecule has 2 aliphatic rings. The van der Waals surface area contributed by atoms with E-state index in [1.54, 1.807) is 24.0 Å². The fraction of sp³-hybridized carbons (Fsp3) is 0.412. The lowest BCUT2D eigenvalue weighted by atomic mass is 9.94. The Kier molecular flexibility index (Phi) is 3.64. The van der Waals surface area contributed by atoms with E-state index in [1.807, 2.05) is 26.0 Å². The van der Waals surface area contributed by atoms with Crippen molar-refractivity contribution in [2.75, 3.05) is 19.6 Å². The summed E-state index contributed by atoms with van der Waals surface area (Å²) in [6.45, 7) is 4.85. The minimum atomic E-state index is -3.68. The molecule has 3 heterocycles. The lowest BCUT2D eigenvalue weighted by Crippen LogP contribution is -2.69. The van der Waals surface area contributed by atoms with Gasteiger partial charge < -0.3 is 10.6 Å². The zero-order valence-corrected chi connectivity index (χ0v) is 15.7. The van der Waals surface area contributed by atoms with Crippen molar-refractivity contribution in [3.8, 4) is 11.3 Å². The van der Waals surface area contributed by atoms with Gasteiger partial charge in [-0.3, -0.25) is 4.68 Å². The van der Waals surface area contributed by atoms with Crippen LogP contribution in [0.4, 0.5) is 4.79 Å². The van der Waals surface area contributed by atoms with E-state index in [2.05, 4.69) is 15.7 Å². The number of hydrogen-bond acceptors (Lipinski definition) is 4. The Labute approximate surface area is 152 Å². The third-order valence-electron chi connectivity index (χ3n) is 5.23. The lowest BCUT2D eigenvalue weighted by Gasteiger charge is -2.45. The molecule has 2 saturated heterocycles. The van der Waals surface area contributed by atoms with Crippen LogP contribution in [0.3, 0.4) is 0 Å². The Morgan fingerprint density at radius 3 is 2.46 bits per heavy atom. The molecule has 138 valence electrons. The van der Waals surface area contributed by atoms with Gasteiger partial charge in [-0.1, -0.05) is 0 Å². The molecule has 0 atom stereocenters. The summed E-state index contributed by atoms with van der Waals surface area (Å²) in [7, 11) is -1.89. The molecule has 1 spiro atoms. The molecule has 4 rings (SSSR count). The summed E-state index contributed by atoms with van der Waals surface area (Å²) in [6, 6.07) is 5.18. The van der Waals surface area contributed by atoms with Crippen molar-refractivity contribution in [3.63, 3.8) is 0 Å². The highest BCUT2D eigenvalue weighted by Gasteiger charge is 2.52. The maximum atomic E-state index is 13.3. The number of nitrogens with one attached hydrogen (secondary N) is 2. The van der Waals surface area contributed by atoms with Crippen molar-refractivity contribution < 1.29 is 13.2 Å². The molecule has 2 aromatic rings. The van der Waals surface area contributed by atoms with Gasteiger partial charge in [-0.05, 0) is 43.2 Å². The van der Waals surface area contributed by atoms with Gasteiger partial charge in [0, 0.05) is 38.4 Å². The Hall–Kier alpha value is -2.39. The van der Waals surface area contributed by atoms with Crippen LogP contribution in [0.25, 0.3) is 11.3 Å².